The molecule has 1 saturated carbocycles. The topological polar surface area (TPSA) is 63.0 Å². The summed E-state index contributed by atoms with van der Waals surface area (Å²) in [6.07, 6.45) is 1.12. The van der Waals surface area contributed by atoms with Crippen LogP contribution in [0.25, 0.3) is 0 Å². The van der Waals surface area contributed by atoms with Crippen LogP contribution in [0.2, 0.25) is 0 Å². The summed E-state index contributed by atoms with van der Waals surface area (Å²) in [5.41, 5.74) is 1.37. The highest BCUT2D eigenvalue weighted by molar-refractivity contribution is 5.35. The van der Waals surface area contributed by atoms with Gasteiger partial charge >= 0.3 is 6.01 Å². The Morgan fingerprint density at radius 1 is 1.28 bits per heavy atom. The predicted octanol–water partition coefficient (Wildman–Crippen LogP) is 1.76. The minimum absolute atomic E-state index is 0.412. The van der Waals surface area contributed by atoms with Gasteiger partial charge in [0.2, 0.25) is 5.89 Å². The zero-order chi connectivity index (χ0) is 12.4. The van der Waals surface area contributed by atoms with Gasteiger partial charge in [-0.25, -0.2) is 0 Å². The van der Waals surface area contributed by atoms with E-state index in [1.54, 1.807) is 0 Å². The van der Waals surface area contributed by atoms with Gasteiger partial charge in [0.25, 0.3) is 0 Å². The van der Waals surface area contributed by atoms with Gasteiger partial charge in [-0.15, -0.1) is 5.10 Å². The second kappa shape index (κ2) is 4.78. The molecule has 0 radical (unpaired) electrons. The van der Waals surface area contributed by atoms with Crippen LogP contribution in [0.4, 0.5) is 6.01 Å². The summed E-state index contributed by atoms with van der Waals surface area (Å²) in [4.78, 5) is 0. The Morgan fingerprint density at radius 3 is 2.89 bits per heavy atom. The minimum Gasteiger partial charge on any atom is -0.407 e. The number of rotatable bonds is 5. The number of hydrogen-bond acceptors (Lipinski definition) is 5. The Balaban J connectivity index is 1.59. The van der Waals surface area contributed by atoms with Gasteiger partial charge in [-0.3, -0.25) is 0 Å². The second-order valence-corrected chi connectivity index (χ2v) is 4.53. The van der Waals surface area contributed by atoms with E-state index in [0.29, 0.717) is 30.4 Å². The average molecular weight is 244 g/mol. The molecule has 1 aromatic heterocycles. The van der Waals surface area contributed by atoms with Crippen molar-refractivity contribution in [2.45, 2.75) is 24.9 Å². The van der Waals surface area contributed by atoms with Gasteiger partial charge in [0.05, 0.1) is 6.54 Å². The highest BCUT2D eigenvalue weighted by Gasteiger charge is 2.39. The molecule has 0 saturated heterocycles. The van der Waals surface area contributed by atoms with Crippen molar-refractivity contribution >= 4 is 6.01 Å². The number of nitrogens with zero attached hydrogens (tertiary/aromatic N) is 2. The quantitative estimate of drug-likeness (QED) is 0.839. The molecule has 1 fully saturated rings. The maximum absolute atomic E-state index is 5.46. The highest BCUT2D eigenvalue weighted by Crippen LogP contribution is 2.42. The highest BCUT2D eigenvalue weighted by atomic mass is 16.4. The van der Waals surface area contributed by atoms with Gasteiger partial charge in [0.1, 0.15) is 0 Å². The van der Waals surface area contributed by atoms with Crippen molar-refractivity contribution in [1.82, 2.24) is 15.5 Å². The molecule has 5 heteroatoms. The van der Waals surface area contributed by atoms with Gasteiger partial charge in [-0.1, -0.05) is 35.4 Å². The lowest BCUT2D eigenvalue weighted by atomic mass is 10.1. The first-order chi connectivity index (χ1) is 8.86. The van der Waals surface area contributed by atoms with Gasteiger partial charge in [0, 0.05) is 12.0 Å². The molecule has 1 heterocycles. The summed E-state index contributed by atoms with van der Waals surface area (Å²) in [6.45, 7) is 0.599. The van der Waals surface area contributed by atoms with Gasteiger partial charge in [-0.05, 0) is 19.0 Å². The van der Waals surface area contributed by atoms with E-state index in [1.165, 1.54) is 5.56 Å². The smallest absolute Gasteiger partial charge is 0.315 e. The van der Waals surface area contributed by atoms with Crippen LogP contribution in [0.1, 0.15) is 23.8 Å². The lowest BCUT2D eigenvalue weighted by molar-refractivity contribution is 0.489. The monoisotopic (exact) mass is 244 g/mol. The number of nitrogens with one attached hydrogen (secondary N) is 2. The molecule has 94 valence electrons. The Kier molecular flexibility index (Phi) is 2.98. The molecule has 2 atom stereocenters. The molecule has 1 aromatic carbocycles. The zero-order valence-electron chi connectivity index (χ0n) is 10.3. The van der Waals surface area contributed by atoms with E-state index in [1.807, 2.05) is 13.1 Å². The summed E-state index contributed by atoms with van der Waals surface area (Å²) in [5.74, 6) is 1.17. The Hall–Kier alpha value is -1.88. The van der Waals surface area contributed by atoms with Crippen molar-refractivity contribution in [3.63, 3.8) is 0 Å². The largest absolute Gasteiger partial charge is 0.407 e. The molecular formula is C13H16N4O. The van der Waals surface area contributed by atoms with Crippen molar-refractivity contribution in [2.75, 3.05) is 12.4 Å². The molecule has 5 nitrogen and oxygen atoms in total. The molecule has 0 spiro atoms. The zero-order valence-corrected chi connectivity index (χ0v) is 10.3. The molecule has 2 aromatic rings. The van der Waals surface area contributed by atoms with Crippen molar-refractivity contribution in [3.8, 4) is 0 Å². The van der Waals surface area contributed by atoms with Crippen molar-refractivity contribution in [3.05, 3.63) is 41.8 Å². The fourth-order valence-corrected chi connectivity index (χ4v) is 2.12. The summed E-state index contributed by atoms with van der Waals surface area (Å²) in [5, 5.41) is 14.2. The fraction of sp³-hybridized carbons (Fsp3) is 0.385. The van der Waals surface area contributed by atoms with Gasteiger partial charge in [0.15, 0.2) is 0 Å². The van der Waals surface area contributed by atoms with Gasteiger partial charge < -0.3 is 15.1 Å². The van der Waals surface area contributed by atoms with E-state index < -0.39 is 0 Å². The first-order valence-corrected chi connectivity index (χ1v) is 6.15. The van der Waals surface area contributed by atoms with Crippen molar-refractivity contribution < 1.29 is 4.42 Å². The number of benzene rings is 1. The van der Waals surface area contributed by atoms with Crippen molar-refractivity contribution in [1.29, 1.82) is 0 Å². The predicted molar refractivity (Wildman–Crippen MR) is 68.3 cm³/mol. The third-order valence-electron chi connectivity index (χ3n) is 3.12. The van der Waals surface area contributed by atoms with E-state index in [-0.39, 0.29) is 0 Å². The average Bonchev–Trinajstić information content (AvgIpc) is 3.02. The maximum Gasteiger partial charge on any atom is 0.315 e. The molecule has 2 N–H and O–H groups in total. The molecule has 0 bridgehead atoms. The van der Waals surface area contributed by atoms with Crippen molar-refractivity contribution in [2.24, 2.45) is 0 Å². The molecule has 18 heavy (non-hydrogen) atoms. The van der Waals surface area contributed by atoms with Crippen LogP contribution in [0.3, 0.4) is 0 Å². The standard InChI is InChI=1S/C13H16N4O/c1-14-8-12-16-17-13(18-12)15-11-7-10(11)9-5-3-2-4-6-9/h2-6,10-11,14H,7-8H2,1H3,(H,15,17). The number of anilines is 1. The van der Waals surface area contributed by atoms with E-state index in [9.17, 15) is 0 Å². The van der Waals surface area contributed by atoms with Crippen LogP contribution in [0.15, 0.2) is 34.7 Å². The Bertz CT molecular complexity index is 511. The summed E-state index contributed by atoms with van der Waals surface area (Å²) in [6, 6.07) is 11.4. The molecule has 1 aliphatic carbocycles. The van der Waals surface area contributed by atoms with Gasteiger partial charge in [-0.2, -0.15) is 0 Å². The third kappa shape index (κ3) is 2.36. The fourth-order valence-electron chi connectivity index (χ4n) is 2.12. The SMILES string of the molecule is CNCc1nnc(NC2CC2c2ccccc2)o1. The van der Waals surface area contributed by atoms with E-state index in [0.717, 1.165) is 6.42 Å². The number of hydrogen-bond donors (Lipinski definition) is 2. The lowest BCUT2D eigenvalue weighted by Crippen LogP contribution is -2.05. The number of aromatic nitrogens is 2. The molecular weight excluding hydrogens is 228 g/mol. The van der Waals surface area contributed by atoms with Crippen LogP contribution in [-0.2, 0) is 6.54 Å². The molecule has 3 rings (SSSR count). The van der Waals surface area contributed by atoms with Crippen LogP contribution >= 0.6 is 0 Å². The molecule has 0 amide bonds. The third-order valence-corrected chi connectivity index (χ3v) is 3.12. The van der Waals surface area contributed by atoms with Crippen LogP contribution in [-0.4, -0.2) is 23.3 Å². The Morgan fingerprint density at radius 2 is 2.11 bits per heavy atom. The second-order valence-electron chi connectivity index (χ2n) is 4.53. The summed E-state index contributed by atoms with van der Waals surface area (Å²) >= 11 is 0. The summed E-state index contributed by atoms with van der Waals surface area (Å²) < 4.78 is 5.46. The molecule has 0 aliphatic heterocycles. The van der Waals surface area contributed by atoms with Crippen LogP contribution < -0.4 is 10.6 Å². The van der Waals surface area contributed by atoms with E-state index in [4.69, 9.17) is 4.42 Å². The lowest BCUT2D eigenvalue weighted by Gasteiger charge is -2.00. The first kappa shape index (κ1) is 11.2. The molecule has 1 aliphatic rings. The van der Waals surface area contributed by atoms with E-state index in [2.05, 4.69) is 45.1 Å². The van der Waals surface area contributed by atoms with Crippen LogP contribution in [0.5, 0.6) is 0 Å². The Labute approximate surface area is 106 Å². The maximum atomic E-state index is 5.46. The van der Waals surface area contributed by atoms with E-state index >= 15 is 0 Å². The minimum atomic E-state index is 0.412. The molecule has 2 unspecified atom stereocenters. The first-order valence-electron chi connectivity index (χ1n) is 6.15. The normalized spacial score (nSPS) is 21.8. The summed E-state index contributed by atoms with van der Waals surface area (Å²) in [7, 11) is 1.85. The van der Waals surface area contributed by atoms with Crippen LogP contribution in [0, 0.1) is 0 Å².